The van der Waals surface area contributed by atoms with Gasteiger partial charge in [0.1, 0.15) is 16.9 Å². The van der Waals surface area contributed by atoms with E-state index >= 15 is 0 Å². The molecule has 0 saturated carbocycles. The molecule has 1 atom stereocenters. The van der Waals surface area contributed by atoms with Gasteiger partial charge in [-0.25, -0.2) is 4.79 Å². The molecule has 0 aliphatic rings. The zero-order valence-corrected chi connectivity index (χ0v) is 12.6. The van der Waals surface area contributed by atoms with E-state index in [1.807, 2.05) is 6.07 Å². The van der Waals surface area contributed by atoms with Crippen molar-refractivity contribution in [3.8, 4) is 5.75 Å². The molecule has 0 saturated heterocycles. The smallest absolute Gasteiger partial charge is 0.355 e. The number of ether oxygens (including phenoxy) is 1. The van der Waals surface area contributed by atoms with Crippen LogP contribution in [0.15, 0.2) is 40.8 Å². The number of hydrogen-bond donors (Lipinski definition) is 1. The van der Waals surface area contributed by atoms with Gasteiger partial charge >= 0.3 is 5.97 Å². The van der Waals surface area contributed by atoms with Crippen LogP contribution in [0.5, 0.6) is 5.75 Å². The first-order chi connectivity index (χ1) is 10.1. The van der Waals surface area contributed by atoms with Gasteiger partial charge < -0.3 is 14.3 Å². The van der Waals surface area contributed by atoms with Gasteiger partial charge in [-0.15, -0.1) is 11.8 Å². The topological polar surface area (TPSA) is 59.7 Å². The highest BCUT2D eigenvalue weighted by molar-refractivity contribution is 7.99. The lowest BCUT2D eigenvalue weighted by atomic mass is 10.1. The molecule has 1 N–H and O–H groups in total. The summed E-state index contributed by atoms with van der Waals surface area (Å²) < 4.78 is 11.3. The Morgan fingerprint density at radius 1 is 1.33 bits per heavy atom. The number of hydrogen-bond acceptors (Lipinski definition) is 4. The number of carboxylic acids is 1. The first-order valence-corrected chi connectivity index (χ1v) is 7.80. The summed E-state index contributed by atoms with van der Waals surface area (Å²) in [7, 11) is 0. The van der Waals surface area contributed by atoms with Crippen LogP contribution in [0.3, 0.4) is 0 Å². The molecule has 0 bridgehead atoms. The Morgan fingerprint density at radius 3 is 2.86 bits per heavy atom. The molecule has 0 aliphatic heterocycles. The summed E-state index contributed by atoms with van der Waals surface area (Å²) in [5.41, 5.74) is 0.344. The van der Waals surface area contributed by atoms with E-state index in [-0.39, 0.29) is 0 Å². The number of furan rings is 1. The fourth-order valence-electron chi connectivity index (χ4n) is 2.18. The van der Waals surface area contributed by atoms with Gasteiger partial charge in [-0.3, -0.25) is 0 Å². The van der Waals surface area contributed by atoms with Crippen LogP contribution in [0.1, 0.15) is 0 Å². The van der Waals surface area contributed by atoms with Crippen molar-refractivity contribution in [1.29, 1.82) is 0 Å². The SMILES string of the molecule is CSC(Oc1cccc2oc3ccc(Cl)cc3c12)C(=O)O. The molecule has 0 aliphatic carbocycles. The lowest BCUT2D eigenvalue weighted by Crippen LogP contribution is -2.22. The average Bonchev–Trinajstić information content (AvgIpc) is 2.82. The Morgan fingerprint density at radius 2 is 2.14 bits per heavy atom. The van der Waals surface area contributed by atoms with Crippen LogP contribution < -0.4 is 4.74 Å². The van der Waals surface area contributed by atoms with Crippen molar-refractivity contribution in [2.24, 2.45) is 0 Å². The predicted octanol–water partition coefficient (Wildman–Crippen LogP) is 4.39. The maximum absolute atomic E-state index is 11.1. The average molecular weight is 323 g/mol. The highest BCUT2D eigenvalue weighted by atomic mass is 35.5. The third-order valence-electron chi connectivity index (χ3n) is 3.07. The molecule has 3 rings (SSSR count). The summed E-state index contributed by atoms with van der Waals surface area (Å²) in [4.78, 5) is 11.1. The van der Waals surface area contributed by atoms with E-state index < -0.39 is 11.4 Å². The largest absolute Gasteiger partial charge is 0.478 e. The van der Waals surface area contributed by atoms with Gasteiger partial charge in [0, 0.05) is 10.4 Å². The molecule has 0 spiro atoms. The molecule has 21 heavy (non-hydrogen) atoms. The molecule has 0 radical (unpaired) electrons. The molecule has 3 aromatic rings. The second kappa shape index (κ2) is 5.50. The minimum atomic E-state index is -1.02. The van der Waals surface area contributed by atoms with Crippen LogP contribution in [-0.2, 0) is 4.79 Å². The second-order valence-electron chi connectivity index (χ2n) is 4.40. The second-order valence-corrected chi connectivity index (χ2v) is 5.73. The Bertz CT molecular complexity index is 827. The molecule has 0 amide bonds. The van der Waals surface area contributed by atoms with Gasteiger partial charge in [0.05, 0.1) is 5.39 Å². The van der Waals surface area contributed by atoms with Crippen LogP contribution in [0.2, 0.25) is 5.02 Å². The highest BCUT2D eigenvalue weighted by Gasteiger charge is 2.20. The monoisotopic (exact) mass is 322 g/mol. The van der Waals surface area contributed by atoms with Crippen molar-refractivity contribution >= 4 is 51.3 Å². The van der Waals surface area contributed by atoms with Crippen LogP contribution >= 0.6 is 23.4 Å². The summed E-state index contributed by atoms with van der Waals surface area (Å²) in [5.74, 6) is -0.555. The number of carboxylic acid groups (broad SMARTS) is 1. The summed E-state index contributed by atoms with van der Waals surface area (Å²) >= 11 is 7.15. The summed E-state index contributed by atoms with van der Waals surface area (Å²) in [6.07, 6.45) is 1.68. The Labute approximate surface area is 129 Å². The predicted molar refractivity (Wildman–Crippen MR) is 84.3 cm³/mol. The summed E-state index contributed by atoms with van der Waals surface area (Å²) in [5, 5.41) is 11.2. The fraction of sp³-hybridized carbons (Fsp3) is 0.133. The molecule has 1 unspecified atom stereocenters. The number of thioether (sulfide) groups is 1. The third kappa shape index (κ3) is 2.54. The van der Waals surface area contributed by atoms with Gasteiger partial charge in [-0.05, 0) is 36.6 Å². The quantitative estimate of drug-likeness (QED) is 0.722. The lowest BCUT2D eigenvalue weighted by molar-refractivity contribution is -0.140. The van der Waals surface area contributed by atoms with Crippen LogP contribution in [0.4, 0.5) is 0 Å². The molecule has 4 nitrogen and oxygen atoms in total. The first kappa shape index (κ1) is 14.1. The van der Waals surface area contributed by atoms with E-state index in [1.165, 1.54) is 0 Å². The van der Waals surface area contributed by atoms with E-state index in [4.69, 9.17) is 25.9 Å². The minimum Gasteiger partial charge on any atom is -0.478 e. The van der Waals surface area contributed by atoms with Gasteiger partial charge in [0.2, 0.25) is 5.44 Å². The number of carbonyl (C=O) groups is 1. The van der Waals surface area contributed by atoms with E-state index in [9.17, 15) is 4.79 Å². The van der Waals surface area contributed by atoms with Crippen molar-refractivity contribution in [3.63, 3.8) is 0 Å². The van der Waals surface area contributed by atoms with Crippen molar-refractivity contribution in [2.45, 2.75) is 5.44 Å². The van der Waals surface area contributed by atoms with Crippen LogP contribution in [0, 0.1) is 0 Å². The molecular formula is C15H11ClO4S. The number of halogens is 1. The Hall–Kier alpha value is -1.85. The number of aliphatic carboxylic acids is 1. The normalized spacial score (nSPS) is 12.7. The number of rotatable bonds is 4. The van der Waals surface area contributed by atoms with E-state index in [2.05, 4.69) is 0 Å². The van der Waals surface area contributed by atoms with Crippen LogP contribution in [0.25, 0.3) is 21.9 Å². The first-order valence-electron chi connectivity index (χ1n) is 6.13. The fourth-order valence-corrected chi connectivity index (χ4v) is 2.75. The maximum Gasteiger partial charge on any atom is 0.355 e. The van der Waals surface area contributed by atoms with Crippen molar-refractivity contribution in [2.75, 3.05) is 6.26 Å². The molecule has 2 aromatic carbocycles. The Kier molecular flexibility index (Phi) is 3.69. The zero-order chi connectivity index (χ0) is 15.0. The third-order valence-corrected chi connectivity index (χ3v) is 4.03. The Balaban J connectivity index is 2.20. The molecule has 1 aromatic heterocycles. The molecular weight excluding hydrogens is 312 g/mol. The van der Waals surface area contributed by atoms with Crippen molar-refractivity contribution in [1.82, 2.24) is 0 Å². The molecule has 6 heteroatoms. The summed E-state index contributed by atoms with van der Waals surface area (Å²) in [6, 6.07) is 10.6. The van der Waals surface area contributed by atoms with Gasteiger partial charge in [0.25, 0.3) is 0 Å². The highest BCUT2D eigenvalue weighted by Crippen LogP contribution is 2.37. The molecule has 108 valence electrons. The summed E-state index contributed by atoms with van der Waals surface area (Å²) in [6.45, 7) is 0. The number of benzene rings is 2. The maximum atomic E-state index is 11.1. The minimum absolute atomic E-state index is 0.468. The van der Waals surface area contributed by atoms with Crippen molar-refractivity contribution in [3.05, 3.63) is 41.4 Å². The van der Waals surface area contributed by atoms with Crippen LogP contribution in [-0.4, -0.2) is 22.8 Å². The van der Waals surface area contributed by atoms with E-state index in [1.54, 1.807) is 36.6 Å². The molecule has 1 heterocycles. The molecule has 0 fully saturated rings. The van der Waals surface area contributed by atoms with Gasteiger partial charge in [-0.1, -0.05) is 17.7 Å². The van der Waals surface area contributed by atoms with E-state index in [0.29, 0.717) is 21.9 Å². The van der Waals surface area contributed by atoms with Crippen molar-refractivity contribution < 1.29 is 19.1 Å². The number of fused-ring (bicyclic) bond motifs is 3. The van der Waals surface area contributed by atoms with E-state index in [0.717, 1.165) is 22.5 Å². The standard InChI is InChI=1S/C15H11ClO4S/c1-21-15(14(17)18)20-12-4-2-3-11-13(12)9-7-8(16)5-6-10(9)19-11/h2-7,15H,1H3,(H,17,18). The van der Waals surface area contributed by atoms with Gasteiger partial charge in [0.15, 0.2) is 0 Å². The zero-order valence-electron chi connectivity index (χ0n) is 11.0. The van der Waals surface area contributed by atoms with Gasteiger partial charge in [-0.2, -0.15) is 0 Å². The lowest BCUT2D eigenvalue weighted by Gasteiger charge is -2.13.